The van der Waals surface area contributed by atoms with E-state index in [1.54, 1.807) is 6.07 Å². The third kappa shape index (κ3) is 3.83. The lowest BCUT2D eigenvalue weighted by Gasteiger charge is -2.14. The molecule has 9 heavy (non-hydrogen) atoms. The number of aliphatic hydroxyl groups excluding tert-OH is 1. The van der Waals surface area contributed by atoms with E-state index in [0.29, 0.717) is 0 Å². The van der Waals surface area contributed by atoms with E-state index >= 15 is 0 Å². The first-order valence-electron chi connectivity index (χ1n) is 2.10. The summed E-state index contributed by atoms with van der Waals surface area (Å²) in [5.74, 6) is 0. The van der Waals surface area contributed by atoms with Crippen molar-refractivity contribution in [3.63, 3.8) is 0 Å². The van der Waals surface area contributed by atoms with E-state index in [4.69, 9.17) is 45.2 Å². The average Bonchev–Trinajstić information content (AvgIpc) is 1.64. The lowest BCUT2D eigenvalue weighted by Crippen LogP contribution is -2.24. The molecule has 0 unspecified atom stereocenters. The van der Waals surface area contributed by atoms with Gasteiger partial charge < -0.3 is 5.11 Å². The number of aliphatic hydroxyl groups is 1. The van der Waals surface area contributed by atoms with Gasteiger partial charge in [-0.05, 0) is 0 Å². The zero-order valence-electron chi connectivity index (χ0n) is 4.31. The molecular formula is C4H4Cl3NO. The number of halogens is 3. The fourth-order valence-corrected chi connectivity index (χ4v) is 0.434. The van der Waals surface area contributed by atoms with Crippen molar-refractivity contribution in [3.05, 3.63) is 0 Å². The largest absolute Gasteiger partial charge is 0.388 e. The Bertz CT molecular complexity index is 125. The second-order valence-electron chi connectivity index (χ2n) is 1.42. The zero-order chi connectivity index (χ0) is 7.49. The van der Waals surface area contributed by atoms with Crippen LogP contribution in [-0.2, 0) is 0 Å². The molecule has 0 aliphatic heterocycles. The Morgan fingerprint density at radius 1 is 1.56 bits per heavy atom. The van der Waals surface area contributed by atoms with E-state index in [0.717, 1.165) is 0 Å². The van der Waals surface area contributed by atoms with Crippen LogP contribution in [0.25, 0.3) is 0 Å². The van der Waals surface area contributed by atoms with Crippen LogP contribution in [0.15, 0.2) is 0 Å². The molecule has 0 heterocycles. The van der Waals surface area contributed by atoms with Crippen LogP contribution in [0.2, 0.25) is 0 Å². The Morgan fingerprint density at radius 2 is 2.00 bits per heavy atom. The summed E-state index contributed by atoms with van der Waals surface area (Å²) in [7, 11) is 0. The minimum atomic E-state index is -1.74. The Morgan fingerprint density at radius 3 is 2.11 bits per heavy atom. The molecule has 0 rings (SSSR count). The van der Waals surface area contributed by atoms with Gasteiger partial charge in [0, 0.05) is 0 Å². The molecular weight excluding hydrogens is 184 g/mol. The number of hydrogen-bond donors (Lipinski definition) is 1. The highest BCUT2D eigenvalue weighted by Gasteiger charge is 2.30. The van der Waals surface area contributed by atoms with Gasteiger partial charge in [0.15, 0.2) is 0 Å². The Balaban J connectivity index is 3.76. The number of hydrogen-bond acceptors (Lipinski definition) is 2. The normalized spacial score (nSPS) is 14.6. The van der Waals surface area contributed by atoms with Crippen LogP contribution in [0.4, 0.5) is 0 Å². The summed E-state index contributed by atoms with van der Waals surface area (Å²) < 4.78 is -1.74. The molecule has 0 fully saturated rings. The molecule has 2 nitrogen and oxygen atoms in total. The summed E-state index contributed by atoms with van der Waals surface area (Å²) >= 11 is 15.6. The van der Waals surface area contributed by atoms with Crippen LogP contribution in [0.5, 0.6) is 0 Å². The van der Waals surface area contributed by atoms with Crippen LogP contribution in [0, 0.1) is 11.3 Å². The van der Waals surface area contributed by atoms with Gasteiger partial charge in [0.1, 0.15) is 6.10 Å². The molecule has 0 amide bonds. The molecule has 0 aliphatic rings. The van der Waals surface area contributed by atoms with Crippen LogP contribution in [0.3, 0.4) is 0 Å². The molecule has 0 aromatic heterocycles. The fraction of sp³-hybridized carbons (Fsp3) is 0.750. The van der Waals surface area contributed by atoms with Crippen molar-refractivity contribution in [1.29, 1.82) is 5.26 Å². The van der Waals surface area contributed by atoms with E-state index in [2.05, 4.69) is 0 Å². The number of rotatable bonds is 1. The second kappa shape index (κ2) is 3.48. The molecule has 0 radical (unpaired) electrons. The van der Waals surface area contributed by atoms with Crippen molar-refractivity contribution in [2.24, 2.45) is 0 Å². The summed E-state index contributed by atoms with van der Waals surface area (Å²) in [6.07, 6.45) is -1.37. The van der Waals surface area contributed by atoms with Crippen molar-refractivity contribution in [2.75, 3.05) is 0 Å². The molecule has 0 aliphatic carbocycles. The molecule has 1 atom stereocenters. The minimum Gasteiger partial charge on any atom is -0.388 e. The predicted octanol–water partition coefficient (Wildman–Crippen LogP) is 1.63. The van der Waals surface area contributed by atoms with Gasteiger partial charge in [-0.25, -0.2) is 0 Å². The number of nitriles is 1. The van der Waals surface area contributed by atoms with E-state index in [-0.39, 0.29) is 6.42 Å². The van der Waals surface area contributed by atoms with E-state index in [9.17, 15) is 0 Å². The maximum atomic E-state index is 8.77. The van der Waals surface area contributed by atoms with Crippen molar-refractivity contribution < 1.29 is 5.11 Å². The van der Waals surface area contributed by atoms with Crippen LogP contribution >= 0.6 is 34.8 Å². The second-order valence-corrected chi connectivity index (χ2v) is 3.79. The molecule has 0 spiro atoms. The molecule has 0 aromatic carbocycles. The highest BCUT2D eigenvalue weighted by atomic mass is 35.6. The summed E-state index contributed by atoms with van der Waals surface area (Å²) in [5.41, 5.74) is 0. The van der Waals surface area contributed by atoms with E-state index in [1.165, 1.54) is 0 Å². The maximum Gasteiger partial charge on any atom is 0.217 e. The summed E-state index contributed by atoms with van der Waals surface area (Å²) in [6.45, 7) is 0. The van der Waals surface area contributed by atoms with Crippen molar-refractivity contribution in [2.45, 2.75) is 16.3 Å². The number of nitrogens with zero attached hydrogens (tertiary/aromatic N) is 1. The van der Waals surface area contributed by atoms with Gasteiger partial charge >= 0.3 is 0 Å². The molecule has 0 saturated carbocycles. The first kappa shape index (κ1) is 9.32. The van der Waals surface area contributed by atoms with Crippen molar-refractivity contribution in [1.82, 2.24) is 0 Å². The van der Waals surface area contributed by atoms with Crippen LogP contribution in [-0.4, -0.2) is 15.0 Å². The van der Waals surface area contributed by atoms with Crippen molar-refractivity contribution in [3.8, 4) is 6.07 Å². The molecule has 0 saturated heterocycles. The van der Waals surface area contributed by atoms with Gasteiger partial charge in [0.25, 0.3) is 0 Å². The van der Waals surface area contributed by atoms with E-state index in [1.807, 2.05) is 0 Å². The Kier molecular flexibility index (Phi) is 3.60. The van der Waals surface area contributed by atoms with Gasteiger partial charge in [-0.2, -0.15) is 5.26 Å². The summed E-state index contributed by atoms with van der Waals surface area (Å²) in [6, 6.07) is 1.67. The first-order chi connectivity index (χ1) is 3.98. The fourth-order valence-electron chi connectivity index (χ4n) is 0.202. The molecule has 0 aromatic rings. The third-order valence-electron chi connectivity index (χ3n) is 0.662. The van der Waals surface area contributed by atoms with Gasteiger partial charge in [0.2, 0.25) is 3.79 Å². The highest BCUT2D eigenvalue weighted by Crippen LogP contribution is 2.31. The van der Waals surface area contributed by atoms with Gasteiger partial charge in [-0.3, -0.25) is 0 Å². The maximum absolute atomic E-state index is 8.77. The Labute approximate surface area is 67.9 Å². The Hall–Kier alpha value is 0.320. The highest BCUT2D eigenvalue weighted by molar-refractivity contribution is 6.68. The topological polar surface area (TPSA) is 44.0 Å². The average molecular weight is 188 g/mol. The summed E-state index contributed by atoms with van der Waals surface area (Å²) in [4.78, 5) is 0. The SMILES string of the molecule is N#CC[C@@H](O)C(Cl)(Cl)Cl. The molecule has 0 bridgehead atoms. The predicted molar refractivity (Wildman–Crippen MR) is 36.5 cm³/mol. The van der Waals surface area contributed by atoms with Gasteiger partial charge in [0.05, 0.1) is 12.5 Å². The monoisotopic (exact) mass is 187 g/mol. The van der Waals surface area contributed by atoms with Crippen LogP contribution in [0.1, 0.15) is 6.42 Å². The smallest absolute Gasteiger partial charge is 0.217 e. The lowest BCUT2D eigenvalue weighted by atomic mass is 10.3. The molecule has 1 N–H and O–H groups in total. The van der Waals surface area contributed by atoms with Crippen LogP contribution < -0.4 is 0 Å². The zero-order valence-corrected chi connectivity index (χ0v) is 6.58. The molecule has 52 valence electrons. The van der Waals surface area contributed by atoms with Gasteiger partial charge in [-0.1, -0.05) is 34.8 Å². The van der Waals surface area contributed by atoms with Crippen molar-refractivity contribution >= 4 is 34.8 Å². The molecule has 5 heteroatoms. The van der Waals surface area contributed by atoms with E-state index < -0.39 is 9.90 Å². The standard InChI is InChI=1S/C4H4Cl3NO/c5-4(6,7)3(9)1-2-8/h3,9H,1H2/t3-/m1/s1. The third-order valence-corrected chi connectivity index (χ3v) is 1.42. The quantitative estimate of drug-likeness (QED) is 0.636. The van der Waals surface area contributed by atoms with Gasteiger partial charge in [-0.15, -0.1) is 0 Å². The lowest BCUT2D eigenvalue weighted by molar-refractivity contribution is 0.184. The number of alkyl halides is 3. The summed E-state index contributed by atoms with van der Waals surface area (Å²) in [5, 5.41) is 16.8. The first-order valence-corrected chi connectivity index (χ1v) is 3.23. The minimum absolute atomic E-state index is 0.170.